The van der Waals surface area contributed by atoms with Gasteiger partial charge in [0.15, 0.2) is 5.82 Å². The second-order valence-electron chi connectivity index (χ2n) is 6.43. The molecule has 1 saturated heterocycles. The molecule has 11 nitrogen and oxygen atoms in total. The van der Waals surface area contributed by atoms with Gasteiger partial charge in [-0.3, -0.25) is 18.6 Å². The Morgan fingerprint density at radius 3 is 2.17 bits per heavy atom. The van der Waals surface area contributed by atoms with E-state index in [-0.39, 0.29) is 16.6 Å². The third-order valence-corrected chi connectivity index (χ3v) is 4.45. The van der Waals surface area contributed by atoms with Crippen molar-refractivity contribution in [2.75, 3.05) is 50.6 Å². The van der Waals surface area contributed by atoms with Crippen LogP contribution in [-0.2, 0) is 10.4 Å². The third-order valence-electron chi connectivity index (χ3n) is 4.45. The molecule has 0 saturated carbocycles. The molecule has 166 valence electrons. The summed E-state index contributed by atoms with van der Waals surface area (Å²) in [5.41, 5.74) is 0.758. The summed E-state index contributed by atoms with van der Waals surface area (Å²) in [6, 6.07) is 0.911. The van der Waals surface area contributed by atoms with Gasteiger partial charge in [-0.1, -0.05) is 0 Å². The molecule has 2 heterocycles. The number of nitrogens with one attached hydrogen (secondary N) is 1. The number of carboxylic acid groups (broad SMARTS) is 1. The predicted molar refractivity (Wildman–Crippen MR) is 104 cm³/mol. The molecule has 0 spiro atoms. The first-order valence-corrected chi connectivity index (χ1v) is 9.86. The van der Waals surface area contributed by atoms with Crippen LogP contribution in [0.1, 0.15) is 10.4 Å². The maximum absolute atomic E-state index is 15.1. The molecule has 0 aliphatic carbocycles. The highest BCUT2D eigenvalue weighted by molar-refractivity contribution is 7.79. The molecule has 14 heteroatoms. The Hall–Kier alpha value is -2.81. The van der Waals surface area contributed by atoms with Gasteiger partial charge in [-0.05, 0) is 13.1 Å². The molecule has 0 unspecified atom stereocenters. The Labute approximate surface area is 169 Å². The lowest BCUT2D eigenvalue weighted by Gasteiger charge is -2.34. The van der Waals surface area contributed by atoms with E-state index in [9.17, 15) is 14.0 Å². The monoisotopic (exact) mass is 450 g/mol. The van der Waals surface area contributed by atoms with Crippen molar-refractivity contribution in [2.45, 2.75) is 0 Å². The quantitative estimate of drug-likeness (QED) is 0.479. The number of carbonyl (C=O) groups is 1. The second kappa shape index (κ2) is 8.91. The molecule has 0 radical (unpaired) electrons. The molecule has 0 bridgehead atoms. The molecule has 1 aliphatic heterocycles. The number of pyridine rings is 1. The van der Waals surface area contributed by atoms with Gasteiger partial charge in [0.05, 0.1) is 5.39 Å². The van der Waals surface area contributed by atoms with Crippen LogP contribution in [0, 0.1) is 11.6 Å². The van der Waals surface area contributed by atoms with Crippen LogP contribution >= 0.6 is 0 Å². The van der Waals surface area contributed by atoms with Crippen LogP contribution in [0.4, 0.5) is 14.5 Å². The van der Waals surface area contributed by atoms with Crippen LogP contribution in [-0.4, -0.2) is 78.4 Å². The fourth-order valence-corrected chi connectivity index (χ4v) is 3.05. The Morgan fingerprint density at radius 2 is 1.70 bits per heavy atom. The van der Waals surface area contributed by atoms with Crippen molar-refractivity contribution in [3.05, 3.63) is 39.7 Å². The van der Waals surface area contributed by atoms with E-state index >= 15 is 4.39 Å². The zero-order chi connectivity index (χ0) is 22.8. The molecule has 2 aromatic rings. The lowest BCUT2D eigenvalue weighted by Crippen LogP contribution is -2.45. The summed E-state index contributed by atoms with van der Waals surface area (Å²) in [6.45, 7) is 2.22. The number of nitrogens with zero attached hydrogens (tertiary/aromatic N) is 3. The number of hydrogen-bond donors (Lipinski definition) is 4. The van der Waals surface area contributed by atoms with Crippen molar-refractivity contribution in [1.29, 1.82) is 0 Å². The van der Waals surface area contributed by atoms with E-state index in [1.807, 2.05) is 7.05 Å². The second-order valence-corrected chi connectivity index (χ2v) is 7.32. The van der Waals surface area contributed by atoms with Crippen molar-refractivity contribution in [3.8, 4) is 0 Å². The summed E-state index contributed by atoms with van der Waals surface area (Å²) in [7, 11) is -1.29. The van der Waals surface area contributed by atoms with Crippen LogP contribution in [0.5, 0.6) is 0 Å². The number of likely N-dealkylation sites (N-methyl/N-ethyl adjacent to an activating group) is 1. The summed E-state index contributed by atoms with van der Waals surface area (Å²) in [4.78, 5) is 27.2. The topological polar surface area (TPSA) is 152 Å². The number of hydrogen-bond acceptors (Lipinski definition) is 7. The van der Waals surface area contributed by atoms with E-state index in [1.165, 1.54) is 7.05 Å². The summed E-state index contributed by atoms with van der Waals surface area (Å²) in [5, 5.41) is 8.81. The van der Waals surface area contributed by atoms with Gasteiger partial charge in [0.1, 0.15) is 22.6 Å². The Bertz CT molecular complexity index is 1120. The molecule has 1 aromatic heterocycles. The first kappa shape index (κ1) is 23.5. The summed E-state index contributed by atoms with van der Waals surface area (Å²) in [5.74, 6) is -3.22. The average molecular weight is 450 g/mol. The minimum atomic E-state index is -4.67. The molecule has 3 rings (SSSR count). The minimum Gasteiger partial charge on any atom is -0.477 e. The lowest BCUT2D eigenvalue weighted by molar-refractivity contribution is 0.0695. The first-order chi connectivity index (χ1) is 13.8. The highest BCUT2D eigenvalue weighted by Crippen LogP contribution is 2.30. The van der Waals surface area contributed by atoms with E-state index in [1.54, 1.807) is 4.90 Å². The van der Waals surface area contributed by atoms with Gasteiger partial charge in [-0.2, -0.15) is 8.42 Å². The normalized spacial score (nSPS) is 14.9. The van der Waals surface area contributed by atoms with Crippen LogP contribution in [0.25, 0.3) is 10.9 Å². The fraction of sp³-hybridized carbons (Fsp3) is 0.375. The number of fused-ring (bicyclic) bond motifs is 1. The zero-order valence-electron chi connectivity index (χ0n) is 16.0. The third kappa shape index (κ3) is 5.21. The minimum absolute atomic E-state index is 0.173. The molecule has 1 aliphatic rings. The van der Waals surface area contributed by atoms with Crippen molar-refractivity contribution < 1.29 is 36.2 Å². The van der Waals surface area contributed by atoms with E-state index in [0.29, 0.717) is 26.2 Å². The molecule has 4 N–H and O–H groups in total. The van der Waals surface area contributed by atoms with Gasteiger partial charge in [0.2, 0.25) is 5.43 Å². The number of piperazine rings is 1. The van der Waals surface area contributed by atoms with Gasteiger partial charge in [-0.15, -0.1) is 0 Å². The van der Waals surface area contributed by atoms with E-state index in [4.69, 9.17) is 22.6 Å². The van der Waals surface area contributed by atoms with Crippen molar-refractivity contribution in [2.24, 2.45) is 0 Å². The number of aromatic nitrogens is 1. The van der Waals surface area contributed by atoms with Gasteiger partial charge < -0.3 is 20.3 Å². The largest absolute Gasteiger partial charge is 0.477 e. The summed E-state index contributed by atoms with van der Waals surface area (Å²) in [6.07, 6.45) is 1.00. The zero-order valence-corrected chi connectivity index (χ0v) is 16.8. The Balaban J connectivity index is 0.000000575. The van der Waals surface area contributed by atoms with Gasteiger partial charge in [-0.25, -0.2) is 13.6 Å². The number of benzene rings is 1. The summed E-state index contributed by atoms with van der Waals surface area (Å²) < 4.78 is 62.4. The van der Waals surface area contributed by atoms with Gasteiger partial charge in [0.25, 0.3) is 0 Å². The highest BCUT2D eigenvalue weighted by atomic mass is 32.3. The maximum atomic E-state index is 15.1. The molecular weight excluding hydrogens is 430 g/mol. The fourth-order valence-electron chi connectivity index (χ4n) is 3.05. The highest BCUT2D eigenvalue weighted by Gasteiger charge is 2.26. The van der Waals surface area contributed by atoms with Crippen molar-refractivity contribution in [3.63, 3.8) is 0 Å². The molecule has 1 aromatic carbocycles. The Morgan fingerprint density at radius 1 is 1.17 bits per heavy atom. The smallest absolute Gasteiger partial charge is 0.394 e. The van der Waals surface area contributed by atoms with Crippen LogP contribution in [0.3, 0.4) is 0 Å². The predicted octanol–water partition coefficient (Wildman–Crippen LogP) is 0.250. The molecule has 0 amide bonds. The van der Waals surface area contributed by atoms with Crippen LogP contribution < -0.4 is 15.8 Å². The SMILES string of the molecule is CNn1cc(C(=O)O)c(=O)c2cc(F)c(N3CCN(C)CC3)c(F)c21.O=S(=O)(O)O. The molecule has 1 fully saturated rings. The number of rotatable bonds is 3. The molecule has 30 heavy (non-hydrogen) atoms. The van der Waals surface area contributed by atoms with Gasteiger partial charge >= 0.3 is 16.4 Å². The van der Waals surface area contributed by atoms with Crippen LogP contribution in [0.2, 0.25) is 0 Å². The first-order valence-electron chi connectivity index (χ1n) is 8.47. The van der Waals surface area contributed by atoms with E-state index in [0.717, 1.165) is 16.9 Å². The number of aromatic carboxylic acids is 1. The van der Waals surface area contributed by atoms with E-state index in [2.05, 4.69) is 10.3 Å². The van der Waals surface area contributed by atoms with Crippen LogP contribution in [0.15, 0.2) is 17.1 Å². The molecular formula is C16H20F2N4O7S. The van der Waals surface area contributed by atoms with Gasteiger partial charge in [0, 0.05) is 39.4 Å². The number of anilines is 1. The molecule has 0 atom stereocenters. The van der Waals surface area contributed by atoms with E-state index < -0.39 is 39.0 Å². The van der Waals surface area contributed by atoms with Crippen molar-refractivity contribution in [1.82, 2.24) is 9.58 Å². The number of halogens is 2. The van der Waals surface area contributed by atoms with Crippen molar-refractivity contribution >= 4 is 33.0 Å². The standard InChI is InChI=1S/C16H18F2N4O3.H2O4S/c1-19-22-8-10(16(24)25)15(23)9-7-11(17)14(12(18)13(9)22)21-5-3-20(2)4-6-21;1-5(2,3)4/h7-8,19H,3-6H2,1-2H3,(H,24,25);(H2,1,2,3,4). The average Bonchev–Trinajstić information content (AvgIpc) is 2.62. The number of carboxylic acids is 1. The summed E-state index contributed by atoms with van der Waals surface area (Å²) >= 11 is 0. The maximum Gasteiger partial charge on any atom is 0.394 e. The Kier molecular flexibility index (Phi) is 6.97. The lowest BCUT2D eigenvalue weighted by atomic mass is 10.1.